The summed E-state index contributed by atoms with van der Waals surface area (Å²) in [4.78, 5) is 13.7. The van der Waals surface area contributed by atoms with Crippen molar-refractivity contribution >= 4 is 11.6 Å². The van der Waals surface area contributed by atoms with Crippen molar-refractivity contribution in [3.63, 3.8) is 0 Å². The predicted octanol–water partition coefficient (Wildman–Crippen LogP) is 1.22. The minimum absolute atomic E-state index is 0.208. The summed E-state index contributed by atoms with van der Waals surface area (Å²) >= 11 is 0. The molecule has 1 saturated heterocycles. The average Bonchev–Trinajstić information content (AvgIpc) is 2.35. The standard InChI is InChI=1S/C13H17FN2O2/c14-11-3-1-2-4-12(11)15-13(18)9-16-7-5-10(17)6-8-16/h1-4,10,17H,5-9H2,(H,15,18). The number of carbonyl (C=O) groups excluding carboxylic acids is 1. The maximum absolute atomic E-state index is 13.3. The Morgan fingerprint density at radius 3 is 2.72 bits per heavy atom. The quantitative estimate of drug-likeness (QED) is 0.850. The molecule has 1 amide bonds. The number of likely N-dealkylation sites (tertiary alicyclic amines) is 1. The van der Waals surface area contributed by atoms with Crippen molar-refractivity contribution in [1.82, 2.24) is 4.90 Å². The van der Waals surface area contributed by atoms with Crippen LogP contribution >= 0.6 is 0 Å². The molecule has 0 radical (unpaired) electrons. The highest BCUT2D eigenvalue weighted by atomic mass is 19.1. The number of benzene rings is 1. The number of nitrogens with zero attached hydrogens (tertiary/aromatic N) is 1. The van der Waals surface area contributed by atoms with Gasteiger partial charge in [0.2, 0.25) is 5.91 Å². The zero-order valence-corrected chi connectivity index (χ0v) is 10.1. The molecule has 0 saturated carbocycles. The molecule has 1 heterocycles. The van der Waals surface area contributed by atoms with Gasteiger partial charge in [0.25, 0.3) is 0 Å². The van der Waals surface area contributed by atoms with E-state index in [1.54, 1.807) is 12.1 Å². The van der Waals surface area contributed by atoms with E-state index in [9.17, 15) is 14.3 Å². The topological polar surface area (TPSA) is 52.6 Å². The Morgan fingerprint density at radius 1 is 1.39 bits per heavy atom. The van der Waals surface area contributed by atoms with Crippen LogP contribution in [0.25, 0.3) is 0 Å². The molecule has 0 spiro atoms. The number of para-hydroxylation sites is 1. The van der Waals surface area contributed by atoms with Gasteiger partial charge in [-0.3, -0.25) is 9.69 Å². The molecule has 18 heavy (non-hydrogen) atoms. The van der Waals surface area contributed by atoms with Crippen LogP contribution in [0.2, 0.25) is 0 Å². The summed E-state index contributed by atoms with van der Waals surface area (Å²) in [5, 5.41) is 11.9. The Kier molecular flexibility index (Phi) is 4.28. The molecular formula is C13H17FN2O2. The Labute approximate surface area is 105 Å². The van der Waals surface area contributed by atoms with E-state index < -0.39 is 5.82 Å². The molecule has 1 aromatic rings. The number of carbonyl (C=O) groups is 1. The molecule has 2 rings (SSSR count). The molecule has 0 aliphatic carbocycles. The first-order valence-corrected chi connectivity index (χ1v) is 6.10. The molecule has 0 aromatic heterocycles. The number of halogens is 1. The fraction of sp³-hybridized carbons (Fsp3) is 0.462. The second-order valence-electron chi connectivity index (χ2n) is 4.54. The van der Waals surface area contributed by atoms with Crippen molar-refractivity contribution in [2.24, 2.45) is 0 Å². The highest BCUT2D eigenvalue weighted by Gasteiger charge is 2.19. The summed E-state index contributed by atoms with van der Waals surface area (Å²) in [5.74, 6) is -0.656. The number of hydrogen-bond acceptors (Lipinski definition) is 3. The van der Waals surface area contributed by atoms with Gasteiger partial charge in [0.1, 0.15) is 5.82 Å². The normalized spacial score (nSPS) is 17.7. The van der Waals surface area contributed by atoms with Crippen LogP contribution in [0.1, 0.15) is 12.8 Å². The molecule has 4 nitrogen and oxygen atoms in total. The first-order chi connectivity index (χ1) is 8.65. The van der Waals surface area contributed by atoms with Gasteiger partial charge in [-0.2, -0.15) is 0 Å². The van der Waals surface area contributed by atoms with Crippen LogP contribution in [0.4, 0.5) is 10.1 Å². The first kappa shape index (κ1) is 13.0. The molecule has 1 aliphatic heterocycles. The molecule has 1 fully saturated rings. The van der Waals surface area contributed by atoms with Crippen molar-refractivity contribution in [2.45, 2.75) is 18.9 Å². The Morgan fingerprint density at radius 2 is 2.06 bits per heavy atom. The van der Waals surface area contributed by atoms with E-state index in [1.807, 2.05) is 4.90 Å². The van der Waals surface area contributed by atoms with E-state index in [0.29, 0.717) is 25.9 Å². The van der Waals surface area contributed by atoms with Gasteiger partial charge in [0.05, 0.1) is 18.3 Å². The molecule has 2 N–H and O–H groups in total. The Hall–Kier alpha value is -1.46. The lowest BCUT2D eigenvalue weighted by molar-refractivity contribution is -0.117. The van der Waals surface area contributed by atoms with Crippen LogP contribution in [-0.4, -0.2) is 41.7 Å². The largest absolute Gasteiger partial charge is 0.393 e. The number of anilines is 1. The number of amides is 1. The second-order valence-corrected chi connectivity index (χ2v) is 4.54. The number of nitrogens with one attached hydrogen (secondary N) is 1. The summed E-state index contributed by atoms with van der Waals surface area (Å²) in [5.41, 5.74) is 0.208. The van der Waals surface area contributed by atoms with Gasteiger partial charge >= 0.3 is 0 Å². The first-order valence-electron chi connectivity index (χ1n) is 6.10. The van der Waals surface area contributed by atoms with Crippen LogP contribution in [0, 0.1) is 5.82 Å². The van der Waals surface area contributed by atoms with Crippen LogP contribution < -0.4 is 5.32 Å². The van der Waals surface area contributed by atoms with Gasteiger partial charge < -0.3 is 10.4 Å². The van der Waals surface area contributed by atoms with Gasteiger partial charge in [0, 0.05) is 13.1 Å². The number of piperidine rings is 1. The minimum Gasteiger partial charge on any atom is -0.393 e. The van der Waals surface area contributed by atoms with E-state index >= 15 is 0 Å². The highest BCUT2D eigenvalue weighted by Crippen LogP contribution is 2.13. The zero-order chi connectivity index (χ0) is 13.0. The molecule has 0 bridgehead atoms. The monoisotopic (exact) mass is 252 g/mol. The van der Waals surface area contributed by atoms with Gasteiger partial charge in [-0.25, -0.2) is 4.39 Å². The Balaban J connectivity index is 1.84. The summed E-state index contributed by atoms with van der Waals surface area (Å²) in [7, 11) is 0. The van der Waals surface area contributed by atoms with E-state index in [0.717, 1.165) is 0 Å². The molecule has 5 heteroatoms. The third kappa shape index (κ3) is 3.51. The fourth-order valence-electron chi connectivity index (χ4n) is 2.03. The third-order valence-electron chi connectivity index (χ3n) is 3.07. The number of aliphatic hydroxyl groups is 1. The van der Waals surface area contributed by atoms with Crippen LogP contribution in [0.15, 0.2) is 24.3 Å². The molecule has 98 valence electrons. The zero-order valence-electron chi connectivity index (χ0n) is 10.1. The minimum atomic E-state index is -0.431. The lowest BCUT2D eigenvalue weighted by atomic mass is 10.1. The van der Waals surface area contributed by atoms with E-state index in [2.05, 4.69) is 5.32 Å². The van der Waals surface area contributed by atoms with Crippen LogP contribution in [-0.2, 0) is 4.79 Å². The van der Waals surface area contributed by atoms with Crippen molar-refractivity contribution < 1.29 is 14.3 Å². The number of aliphatic hydroxyl groups excluding tert-OH is 1. The van der Waals surface area contributed by atoms with Gasteiger partial charge in [-0.05, 0) is 25.0 Å². The lowest BCUT2D eigenvalue weighted by Gasteiger charge is -2.28. The number of rotatable bonds is 3. The third-order valence-corrected chi connectivity index (χ3v) is 3.07. The molecule has 0 atom stereocenters. The van der Waals surface area contributed by atoms with Crippen molar-refractivity contribution in [3.05, 3.63) is 30.1 Å². The molecular weight excluding hydrogens is 235 g/mol. The van der Waals surface area contributed by atoms with E-state index in [4.69, 9.17) is 0 Å². The highest BCUT2D eigenvalue weighted by molar-refractivity contribution is 5.92. The van der Waals surface area contributed by atoms with Gasteiger partial charge in [-0.1, -0.05) is 12.1 Å². The van der Waals surface area contributed by atoms with Gasteiger partial charge in [0.15, 0.2) is 0 Å². The van der Waals surface area contributed by atoms with Crippen LogP contribution in [0.3, 0.4) is 0 Å². The smallest absolute Gasteiger partial charge is 0.238 e. The van der Waals surface area contributed by atoms with Crippen molar-refractivity contribution in [3.8, 4) is 0 Å². The van der Waals surface area contributed by atoms with Crippen molar-refractivity contribution in [2.75, 3.05) is 25.0 Å². The fourth-order valence-corrected chi connectivity index (χ4v) is 2.03. The summed E-state index contributed by atoms with van der Waals surface area (Å²) < 4.78 is 13.3. The van der Waals surface area contributed by atoms with Gasteiger partial charge in [-0.15, -0.1) is 0 Å². The number of hydrogen-bond donors (Lipinski definition) is 2. The van der Waals surface area contributed by atoms with Crippen molar-refractivity contribution in [1.29, 1.82) is 0 Å². The van der Waals surface area contributed by atoms with E-state index in [1.165, 1.54) is 12.1 Å². The maximum atomic E-state index is 13.3. The molecule has 0 unspecified atom stereocenters. The lowest BCUT2D eigenvalue weighted by Crippen LogP contribution is -2.40. The summed E-state index contributed by atoms with van der Waals surface area (Å²) in [6, 6.07) is 6.10. The molecule has 1 aromatic carbocycles. The predicted molar refractivity (Wildman–Crippen MR) is 66.7 cm³/mol. The van der Waals surface area contributed by atoms with E-state index in [-0.39, 0.29) is 24.2 Å². The summed E-state index contributed by atoms with van der Waals surface area (Å²) in [6.07, 6.45) is 1.12. The second kappa shape index (κ2) is 5.93. The maximum Gasteiger partial charge on any atom is 0.238 e. The molecule has 1 aliphatic rings. The average molecular weight is 252 g/mol. The summed E-state index contributed by atoms with van der Waals surface area (Å²) in [6.45, 7) is 1.64. The Bertz CT molecular complexity index is 417. The SMILES string of the molecule is O=C(CN1CCC(O)CC1)Nc1ccccc1F. The van der Waals surface area contributed by atoms with Crippen LogP contribution in [0.5, 0.6) is 0 Å².